The molecular formula is C25H31N3O3. The van der Waals surface area contributed by atoms with E-state index in [1.807, 2.05) is 24.3 Å². The number of benzene rings is 2. The maximum atomic E-state index is 12.5. The normalized spacial score (nSPS) is 19.9. The Hall–Kier alpha value is -2.70. The molecule has 6 nitrogen and oxygen atoms in total. The van der Waals surface area contributed by atoms with E-state index in [4.69, 9.17) is 0 Å². The van der Waals surface area contributed by atoms with Crippen molar-refractivity contribution in [3.05, 3.63) is 65.2 Å². The molecule has 6 heteroatoms. The van der Waals surface area contributed by atoms with Crippen LogP contribution >= 0.6 is 0 Å². The van der Waals surface area contributed by atoms with Gasteiger partial charge in [-0.15, -0.1) is 0 Å². The highest BCUT2D eigenvalue weighted by atomic mass is 16.3. The summed E-state index contributed by atoms with van der Waals surface area (Å²) in [6.45, 7) is 2.82. The second kappa shape index (κ2) is 10.1. The fourth-order valence-electron chi connectivity index (χ4n) is 4.50. The number of hydrogen-bond donors (Lipinski definition) is 3. The Labute approximate surface area is 183 Å². The van der Waals surface area contributed by atoms with Crippen LogP contribution in [0.1, 0.15) is 54.9 Å². The minimum Gasteiger partial charge on any atom is -0.388 e. The molecule has 0 aromatic heterocycles. The standard InChI is InChI=1S/C25H31N3O3/c29-23(20-8-10-22-19(15-20)9-12-25(31)27-22)11-13-24(30)26-21-7-4-14-28(17-21)16-18-5-2-1-3-6-18/h1-3,5-6,8,10,15,21,23,29H,4,7,9,11-14,16-17H2,(H,26,30)(H,27,31)/t21-,23-/m1/s1. The number of aliphatic hydroxyl groups is 1. The number of carbonyl (C=O) groups excluding carboxylic acids is 2. The van der Waals surface area contributed by atoms with E-state index in [9.17, 15) is 14.7 Å². The number of aryl methyl sites for hydroxylation is 1. The Morgan fingerprint density at radius 3 is 2.87 bits per heavy atom. The van der Waals surface area contributed by atoms with Gasteiger partial charge in [-0.1, -0.05) is 42.5 Å². The van der Waals surface area contributed by atoms with Gasteiger partial charge in [-0.05, 0) is 55.0 Å². The third-order valence-electron chi connectivity index (χ3n) is 6.17. The molecule has 164 valence electrons. The Morgan fingerprint density at radius 1 is 1.19 bits per heavy atom. The first kappa shape index (κ1) is 21.5. The highest BCUT2D eigenvalue weighted by molar-refractivity contribution is 5.93. The molecular weight excluding hydrogens is 390 g/mol. The summed E-state index contributed by atoms with van der Waals surface area (Å²) >= 11 is 0. The topological polar surface area (TPSA) is 81.7 Å². The minimum atomic E-state index is -0.686. The molecule has 0 unspecified atom stereocenters. The number of carbonyl (C=O) groups is 2. The molecule has 0 saturated carbocycles. The highest BCUT2D eigenvalue weighted by Gasteiger charge is 2.22. The zero-order valence-corrected chi connectivity index (χ0v) is 17.8. The van der Waals surface area contributed by atoms with E-state index in [2.05, 4.69) is 39.8 Å². The molecule has 2 aliphatic heterocycles. The summed E-state index contributed by atoms with van der Waals surface area (Å²) in [5.41, 5.74) is 3.96. The molecule has 0 radical (unpaired) electrons. The summed E-state index contributed by atoms with van der Waals surface area (Å²) in [4.78, 5) is 26.4. The second-order valence-electron chi connectivity index (χ2n) is 8.65. The number of hydrogen-bond acceptors (Lipinski definition) is 4. The minimum absolute atomic E-state index is 0.00386. The summed E-state index contributed by atoms with van der Waals surface area (Å²) < 4.78 is 0. The molecule has 0 bridgehead atoms. The average Bonchev–Trinajstić information content (AvgIpc) is 2.78. The molecule has 4 rings (SSSR count). The van der Waals surface area contributed by atoms with Gasteiger partial charge < -0.3 is 15.7 Å². The zero-order chi connectivity index (χ0) is 21.6. The van der Waals surface area contributed by atoms with Gasteiger partial charge in [-0.2, -0.15) is 0 Å². The van der Waals surface area contributed by atoms with Crippen molar-refractivity contribution in [2.75, 3.05) is 18.4 Å². The van der Waals surface area contributed by atoms with Crippen LogP contribution in [0, 0.1) is 0 Å². The van der Waals surface area contributed by atoms with Crippen LogP contribution in [0.15, 0.2) is 48.5 Å². The monoisotopic (exact) mass is 421 g/mol. The Balaban J connectivity index is 1.24. The van der Waals surface area contributed by atoms with E-state index in [1.54, 1.807) is 0 Å². The molecule has 2 amide bonds. The molecule has 2 aromatic carbocycles. The van der Waals surface area contributed by atoms with Gasteiger partial charge in [0, 0.05) is 37.7 Å². The van der Waals surface area contributed by atoms with Gasteiger partial charge in [0.15, 0.2) is 0 Å². The van der Waals surface area contributed by atoms with E-state index in [0.717, 1.165) is 49.3 Å². The second-order valence-corrected chi connectivity index (χ2v) is 8.65. The number of fused-ring (bicyclic) bond motifs is 1. The maximum Gasteiger partial charge on any atom is 0.224 e. The van der Waals surface area contributed by atoms with E-state index in [1.165, 1.54) is 5.56 Å². The van der Waals surface area contributed by atoms with Gasteiger partial charge in [-0.3, -0.25) is 14.5 Å². The molecule has 2 aliphatic rings. The number of amides is 2. The van der Waals surface area contributed by atoms with Crippen LogP contribution in [0.5, 0.6) is 0 Å². The SMILES string of the molecule is O=C1CCc2cc([C@H](O)CCC(=O)N[C@@H]3CCCN(Cc4ccccc4)C3)ccc2N1. The van der Waals surface area contributed by atoms with Crippen LogP contribution < -0.4 is 10.6 Å². The molecule has 0 spiro atoms. The summed E-state index contributed by atoms with van der Waals surface area (Å²) in [5.74, 6) is 0.0263. The molecule has 2 atom stereocenters. The van der Waals surface area contributed by atoms with Crippen molar-refractivity contribution in [1.82, 2.24) is 10.2 Å². The summed E-state index contributed by atoms with van der Waals surface area (Å²) in [7, 11) is 0. The molecule has 0 aliphatic carbocycles. The van der Waals surface area contributed by atoms with Crippen LogP contribution in [-0.2, 0) is 22.6 Å². The van der Waals surface area contributed by atoms with Gasteiger partial charge in [0.1, 0.15) is 0 Å². The smallest absolute Gasteiger partial charge is 0.224 e. The van der Waals surface area contributed by atoms with Crippen molar-refractivity contribution in [2.45, 2.75) is 57.2 Å². The Kier molecular flexibility index (Phi) is 6.99. The average molecular weight is 422 g/mol. The van der Waals surface area contributed by atoms with Crippen molar-refractivity contribution in [3.63, 3.8) is 0 Å². The van der Waals surface area contributed by atoms with Gasteiger partial charge >= 0.3 is 0 Å². The van der Waals surface area contributed by atoms with Crippen LogP contribution in [0.3, 0.4) is 0 Å². The maximum absolute atomic E-state index is 12.5. The Bertz CT molecular complexity index is 915. The van der Waals surface area contributed by atoms with Gasteiger partial charge in [0.2, 0.25) is 11.8 Å². The predicted octanol–water partition coefficient (Wildman–Crippen LogP) is 3.17. The summed E-state index contributed by atoms with van der Waals surface area (Å²) in [6, 6.07) is 16.2. The zero-order valence-electron chi connectivity index (χ0n) is 17.8. The fourth-order valence-corrected chi connectivity index (χ4v) is 4.50. The first-order valence-electron chi connectivity index (χ1n) is 11.2. The van der Waals surface area contributed by atoms with Gasteiger partial charge in [-0.25, -0.2) is 0 Å². The third kappa shape index (κ3) is 5.93. The van der Waals surface area contributed by atoms with Crippen LogP contribution in [0.4, 0.5) is 5.69 Å². The first-order chi connectivity index (χ1) is 15.1. The summed E-state index contributed by atoms with van der Waals surface area (Å²) in [6.07, 6.45) is 3.22. The van der Waals surface area contributed by atoms with Crippen LogP contribution in [-0.4, -0.2) is 41.0 Å². The lowest BCUT2D eigenvalue weighted by molar-refractivity contribution is -0.122. The van der Waals surface area contributed by atoms with E-state index < -0.39 is 6.10 Å². The van der Waals surface area contributed by atoms with E-state index in [0.29, 0.717) is 25.7 Å². The van der Waals surface area contributed by atoms with Crippen molar-refractivity contribution < 1.29 is 14.7 Å². The van der Waals surface area contributed by atoms with Crippen molar-refractivity contribution in [3.8, 4) is 0 Å². The Morgan fingerprint density at radius 2 is 2.03 bits per heavy atom. The van der Waals surface area contributed by atoms with Crippen LogP contribution in [0.2, 0.25) is 0 Å². The number of rotatable bonds is 7. The van der Waals surface area contributed by atoms with Crippen LogP contribution in [0.25, 0.3) is 0 Å². The van der Waals surface area contributed by atoms with E-state index in [-0.39, 0.29) is 17.9 Å². The number of aliphatic hydroxyl groups excluding tert-OH is 1. The largest absolute Gasteiger partial charge is 0.388 e. The predicted molar refractivity (Wildman–Crippen MR) is 120 cm³/mol. The number of anilines is 1. The highest BCUT2D eigenvalue weighted by Crippen LogP contribution is 2.27. The molecule has 1 fully saturated rings. The van der Waals surface area contributed by atoms with Crippen molar-refractivity contribution in [2.24, 2.45) is 0 Å². The molecule has 3 N–H and O–H groups in total. The lowest BCUT2D eigenvalue weighted by Gasteiger charge is -2.33. The summed E-state index contributed by atoms with van der Waals surface area (Å²) in [5, 5.41) is 16.6. The number of likely N-dealkylation sites (tertiary alicyclic amines) is 1. The molecule has 2 aromatic rings. The quantitative estimate of drug-likeness (QED) is 0.641. The fraction of sp³-hybridized carbons (Fsp3) is 0.440. The van der Waals surface area contributed by atoms with Crippen molar-refractivity contribution >= 4 is 17.5 Å². The third-order valence-corrected chi connectivity index (χ3v) is 6.17. The van der Waals surface area contributed by atoms with Crippen molar-refractivity contribution in [1.29, 1.82) is 0 Å². The van der Waals surface area contributed by atoms with E-state index >= 15 is 0 Å². The first-order valence-corrected chi connectivity index (χ1v) is 11.2. The number of piperidine rings is 1. The molecule has 2 heterocycles. The lowest BCUT2D eigenvalue weighted by Crippen LogP contribution is -2.47. The number of nitrogens with zero attached hydrogens (tertiary/aromatic N) is 1. The van der Waals surface area contributed by atoms with Gasteiger partial charge in [0.05, 0.1) is 6.10 Å². The van der Waals surface area contributed by atoms with Gasteiger partial charge in [0.25, 0.3) is 0 Å². The number of nitrogens with one attached hydrogen (secondary N) is 2. The lowest BCUT2D eigenvalue weighted by atomic mass is 9.96. The molecule has 31 heavy (non-hydrogen) atoms. The molecule has 1 saturated heterocycles.